The second-order valence-electron chi connectivity index (χ2n) is 8.00. The third-order valence-corrected chi connectivity index (χ3v) is 7.04. The van der Waals surface area contributed by atoms with Crippen LogP contribution in [0.4, 0.5) is 0 Å². The third kappa shape index (κ3) is 2.00. The molecule has 0 bridgehead atoms. The van der Waals surface area contributed by atoms with E-state index in [1.807, 2.05) is 12.2 Å². The Kier molecular flexibility index (Phi) is 3.32. The summed E-state index contributed by atoms with van der Waals surface area (Å²) in [7, 11) is 0. The Labute approximate surface area is 138 Å². The minimum Gasteiger partial charge on any atom is -0.389 e. The van der Waals surface area contributed by atoms with Crippen molar-refractivity contribution in [3.05, 3.63) is 47.6 Å². The Morgan fingerprint density at radius 1 is 1.35 bits per heavy atom. The van der Waals surface area contributed by atoms with Gasteiger partial charge in [-0.05, 0) is 73.2 Å². The smallest absolute Gasteiger partial charge is 0.156 e. The van der Waals surface area contributed by atoms with E-state index in [4.69, 9.17) is 0 Å². The molecule has 4 aliphatic rings. The zero-order valence-electron chi connectivity index (χ0n) is 14.0. The molecule has 0 aromatic heterocycles. The molecule has 4 aliphatic carbocycles. The Bertz CT molecular complexity index is 665. The fourth-order valence-electron chi connectivity index (χ4n) is 5.68. The van der Waals surface area contributed by atoms with E-state index in [9.17, 15) is 9.90 Å². The average molecular weight is 310 g/mol. The maximum Gasteiger partial charge on any atom is 0.156 e. The molecule has 1 fully saturated rings. The molecule has 0 radical (unpaired) electrons. The lowest BCUT2D eigenvalue weighted by Gasteiger charge is -2.48. The average Bonchev–Trinajstić information content (AvgIpc) is 2.79. The Morgan fingerprint density at radius 3 is 2.96 bits per heavy atom. The van der Waals surface area contributed by atoms with Crippen molar-refractivity contribution in [2.24, 2.45) is 17.3 Å². The first kappa shape index (κ1) is 15.1. The fourth-order valence-corrected chi connectivity index (χ4v) is 5.68. The summed E-state index contributed by atoms with van der Waals surface area (Å²) in [6.45, 7) is 6.09. The van der Waals surface area contributed by atoms with Crippen molar-refractivity contribution in [3.8, 4) is 0 Å². The number of carbonyl (C=O) groups is 1. The van der Waals surface area contributed by atoms with Crippen molar-refractivity contribution < 1.29 is 9.90 Å². The molecule has 4 atom stereocenters. The molecule has 1 N–H and O–H groups in total. The van der Waals surface area contributed by atoms with E-state index in [0.29, 0.717) is 24.7 Å². The number of allylic oxidation sites excluding steroid dienone is 5. The topological polar surface area (TPSA) is 37.3 Å². The first-order valence-electron chi connectivity index (χ1n) is 8.98. The van der Waals surface area contributed by atoms with Crippen LogP contribution in [0.5, 0.6) is 0 Å². The number of carbonyl (C=O) groups excluding carboxylic acids is 1. The molecule has 0 spiro atoms. The summed E-state index contributed by atoms with van der Waals surface area (Å²) in [5.41, 5.74) is 3.37. The standard InChI is InChI=1S/C21H26O2/c1-3-10-21(23)12-9-19-18-6-4-14-13-15(22)5-7-16(14)17(18)8-11-20(19,21)2/h3,8,11,13,18-19,23H,1,4-7,9-10,12H2,2H3/t18-,19+,20+,21-/m0/s1. The van der Waals surface area contributed by atoms with E-state index in [0.717, 1.165) is 32.1 Å². The lowest BCUT2D eigenvalue weighted by atomic mass is 9.58. The Hall–Kier alpha value is -1.41. The molecule has 0 heterocycles. The van der Waals surface area contributed by atoms with E-state index in [1.54, 1.807) is 0 Å². The van der Waals surface area contributed by atoms with Gasteiger partial charge in [-0.15, -0.1) is 6.58 Å². The molecule has 2 heteroatoms. The van der Waals surface area contributed by atoms with Crippen LogP contribution in [0.2, 0.25) is 0 Å². The number of rotatable bonds is 2. The van der Waals surface area contributed by atoms with Crippen LogP contribution in [-0.2, 0) is 4.79 Å². The van der Waals surface area contributed by atoms with Gasteiger partial charge in [-0.2, -0.15) is 0 Å². The van der Waals surface area contributed by atoms with Gasteiger partial charge in [0.05, 0.1) is 5.60 Å². The molecule has 122 valence electrons. The number of hydrogen-bond donors (Lipinski definition) is 1. The summed E-state index contributed by atoms with van der Waals surface area (Å²) in [4.78, 5) is 11.7. The van der Waals surface area contributed by atoms with Gasteiger partial charge in [-0.3, -0.25) is 4.79 Å². The lowest BCUT2D eigenvalue weighted by Crippen LogP contribution is -2.47. The molecular weight excluding hydrogens is 284 g/mol. The van der Waals surface area contributed by atoms with Crippen LogP contribution >= 0.6 is 0 Å². The summed E-state index contributed by atoms with van der Waals surface area (Å²) in [6, 6.07) is 0. The highest BCUT2D eigenvalue weighted by Crippen LogP contribution is 2.61. The molecule has 0 saturated heterocycles. The van der Waals surface area contributed by atoms with Crippen LogP contribution in [0.15, 0.2) is 47.6 Å². The SMILES string of the molecule is C=CC[C@]1(O)CC[C@@H]2[C@H]3CCC4=CC(=O)CCC4=C3C=C[C@]21C. The first-order valence-corrected chi connectivity index (χ1v) is 8.98. The van der Waals surface area contributed by atoms with Gasteiger partial charge >= 0.3 is 0 Å². The third-order valence-electron chi connectivity index (χ3n) is 7.04. The van der Waals surface area contributed by atoms with Crippen molar-refractivity contribution in [2.45, 2.75) is 57.5 Å². The molecule has 0 aromatic rings. The van der Waals surface area contributed by atoms with Crippen LogP contribution in [0, 0.1) is 17.3 Å². The summed E-state index contributed by atoms with van der Waals surface area (Å²) in [5, 5.41) is 11.2. The Morgan fingerprint density at radius 2 is 2.17 bits per heavy atom. The lowest BCUT2D eigenvalue weighted by molar-refractivity contribution is -0.114. The van der Waals surface area contributed by atoms with Crippen molar-refractivity contribution in [3.63, 3.8) is 0 Å². The van der Waals surface area contributed by atoms with Crippen LogP contribution < -0.4 is 0 Å². The van der Waals surface area contributed by atoms with Crippen molar-refractivity contribution in [1.82, 2.24) is 0 Å². The number of aliphatic hydroxyl groups is 1. The molecule has 0 aromatic carbocycles. The second-order valence-corrected chi connectivity index (χ2v) is 8.00. The quantitative estimate of drug-likeness (QED) is 0.773. The number of hydrogen-bond acceptors (Lipinski definition) is 2. The predicted octanol–water partition coefficient (Wildman–Crippen LogP) is 4.28. The molecule has 1 saturated carbocycles. The highest BCUT2D eigenvalue weighted by Gasteiger charge is 2.58. The zero-order valence-corrected chi connectivity index (χ0v) is 14.0. The molecule has 2 nitrogen and oxygen atoms in total. The Balaban J connectivity index is 1.79. The van der Waals surface area contributed by atoms with E-state index < -0.39 is 5.60 Å². The first-order chi connectivity index (χ1) is 11.0. The zero-order chi connectivity index (χ0) is 16.2. The number of ketones is 1. The highest BCUT2D eigenvalue weighted by atomic mass is 16.3. The van der Waals surface area contributed by atoms with E-state index in [2.05, 4.69) is 25.7 Å². The largest absolute Gasteiger partial charge is 0.389 e. The molecule has 23 heavy (non-hydrogen) atoms. The normalized spacial score (nSPS) is 42.0. The predicted molar refractivity (Wildman–Crippen MR) is 91.8 cm³/mol. The fraction of sp³-hybridized carbons (Fsp3) is 0.571. The van der Waals surface area contributed by atoms with Crippen LogP contribution in [0.1, 0.15) is 51.9 Å². The van der Waals surface area contributed by atoms with Gasteiger partial charge in [-0.25, -0.2) is 0 Å². The van der Waals surface area contributed by atoms with E-state index in [1.165, 1.54) is 16.7 Å². The van der Waals surface area contributed by atoms with Gasteiger partial charge in [0.15, 0.2) is 5.78 Å². The van der Waals surface area contributed by atoms with Gasteiger partial charge in [0.25, 0.3) is 0 Å². The molecule has 0 unspecified atom stereocenters. The second kappa shape index (κ2) is 5.04. The number of fused-ring (bicyclic) bond motifs is 4. The molecular formula is C21H26O2. The summed E-state index contributed by atoms with van der Waals surface area (Å²) >= 11 is 0. The van der Waals surface area contributed by atoms with Gasteiger partial charge in [0, 0.05) is 11.8 Å². The van der Waals surface area contributed by atoms with Crippen LogP contribution in [0.25, 0.3) is 0 Å². The van der Waals surface area contributed by atoms with Crippen molar-refractivity contribution in [1.29, 1.82) is 0 Å². The van der Waals surface area contributed by atoms with Crippen molar-refractivity contribution in [2.75, 3.05) is 0 Å². The van der Waals surface area contributed by atoms with Gasteiger partial charge in [0.1, 0.15) is 0 Å². The van der Waals surface area contributed by atoms with E-state index in [-0.39, 0.29) is 11.2 Å². The molecule has 0 aliphatic heterocycles. The summed E-state index contributed by atoms with van der Waals surface area (Å²) in [5.74, 6) is 1.34. The van der Waals surface area contributed by atoms with Gasteiger partial charge in [0.2, 0.25) is 0 Å². The minimum atomic E-state index is -0.648. The highest BCUT2D eigenvalue weighted by molar-refractivity contribution is 5.93. The molecule has 0 amide bonds. The van der Waals surface area contributed by atoms with E-state index >= 15 is 0 Å². The van der Waals surface area contributed by atoms with Gasteiger partial charge < -0.3 is 5.11 Å². The van der Waals surface area contributed by atoms with Crippen LogP contribution in [-0.4, -0.2) is 16.5 Å². The maximum absolute atomic E-state index is 11.7. The van der Waals surface area contributed by atoms with Crippen LogP contribution in [0.3, 0.4) is 0 Å². The summed E-state index contributed by atoms with van der Waals surface area (Å²) in [6.07, 6.45) is 14.6. The van der Waals surface area contributed by atoms with Gasteiger partial charge in [-0.1, -0.05) is 25.2 Å². The monoisotopic (exact) mass is 310 g/mol. The van der Waals surface area contributed by atoms with Crippen molar-refractivity contribution >= 4 is 5.78 Å². The maximum atomic E-state index is 11.7. The summed E-state index contributed by atoms with van der Waals surface area (Å²) < 4.78 is 0. The molecule has 4 rings (SSSR count). The minimum absolute atomic E-state index is 0.151.